The fraction of sp³-hybridized carbons (Fsp3) is 0.435. The zero-order valence-corrected chi connectivity index (χ0v) is 17.9. The second-order valence-electron chi connectivity index (χ2n) is 8.23. The van der Waals surface area contributed by atoms with E-state index in [9.17, 15) is 18.0 Å². The number of benzene rings is 2. The highest BCUT2D eigenvalue weighted by Crippen LogP contribution is 2.47. The third-order valence-electron chi connectivity index (χ3n) is 6.38. The van der Waals surface area contributed by atoms with Crippen LogP contribution in [-0.4, -0.2) is 36.5 Å². The average molecular weight is 453 g/mol. The Morgan fingerprint density at radius 3 is 2.48 bits per heavy atom. The SMILES string of the molecule is CC[C@H](C(=O)Nc1ccc(Cl)cc1)N1CCC2(CC1)COc1cc(C(F)(F)F)ccc12. The number of piperidine rings is 1. The van der Waals surface area contributed by atoms with Crippen molar-refractivity contribution in [2.24, 2.45) is 0 Å². The minimum Gasteiger partial charge on any atom is -0.492 e. The van der Waals surface area contributed by atoms with Crippen LogP contribution < -0.4 is 10.1 Å². The molecule has 1 fully saturated rings. The predicted molar refractivity (Wildman–Crippen MR) is 114 cm³/mol. The predicted octanol–water partition coefficient (Wildman–Crippen LogP) is 5.50. The van der Waals surface area contributed by atoms with E-state index in [1.54, 1.807) is 30.3 Å². The molecule has 166 valence electrons. The molecule has 0 bridgehead atoms. The lowest BCUT2D eigenvalue weighted by atomic mass is 9.74. The molecule has 2 aromatic rings. The standard InChI is InChI=1S/C23H24ClF3N2O2/c1-2-19(21(30)28-17-6-4-16(24)5-7-17)29-11-9-22(10-12-29)14-31-20-13-15(23(25,26)27)3-8-18(20)22/h3-8,13,19H,2,9-12,14H2,1H3,(H,28,30)/t19-/m1/s1. The van der Waals surface area contributed by atoms with Crippen molar-refractivity contribution in [3.8, 4) is 5.75 Å². The van der Waals surface area contributed by atoms with E-state index in [-0.39, 0.29) is 17.4 Å². The van der Waals surface area contributed by atoms with Crippen molar-refractivity contribution in [3.63, 3.8) is 0 Å². The molecule has 1 amide bonds. The summed E-state index contributed by atoms with van der Waals surface area (Å²) in [5, 5.41) is 3.55. The van der Waals surface area contributed by atoms with Crippen molar-refractivity contribution in [2.75, 3.05) is 25.0 Å². The Kier molecular flexibility index (Phi) is 5.92. The van der Waals surface area contributed by atoms with Gasteiger partial charge in [0.15, 0.2) is 0 Å². The number of rotatable bonds is 4. The van der Waals surface area contributed by atoms with Crippen LogP contribution in [0.3, 0.4) is 0 Å². The first-order valence-corrected chi connectivity index (χ1v) is 10.7. The zero-order chi connectivity index (χ0) is 22.2. The zero-order valence-electron chi connectivity index (χ0n) is 17.1. The molecular formula is C23H24ClF3N2O2. The van der Waals surface area contributed by atoms with Crippen molar-refractivity contribution in [3.05, 3.63) is 58.6 Å². The van der Waals surface area contributed by atoms with Gasteiger partial charge in [-0.2, -0.15) is 13.2 Å². The lowest BCUT2D eigenvalue weighted by Gasteiger charge is -2.41. The van der Waals surface area contributed by atoms with Gasteiger partial charge in [-0.05, 0) is 68.8 Å². The number of likely N-dealkylation sites (tertiary alicyclic amines) is 1. The summed E-state index contributed by atoms with van der Waals surface area (Å²) < 4.78 is 44.7. The van der Waals surface area contributed by atoms with E-state index in [1.165, 1.54) is 0 Å². The summed E-state index contributed by atoms with van der Waals surface area (Å²) in [7, 11) is 0. The van der Waals surface area contributed by atoms with Gasteiger partial charge in [-0.1, -0.05) is 24.6 Å². The lowest BCUT2D eigenvalue weighted by Crippen LogP contribution is -2.51. The highest BCUT2D eigenvalue weighted by molar-refractivity contribution is 6.30. The molecule has 4 nitrogen and oxygen atoms in total. The van der Waals surface area contributed by atoms with Crippen molar-refractivity contribution in [2.45, 2.75) is 43.8 Å². The normalized spacial score (nSPS) is 19.0. The molecule has 0 saturated carbocycles. The van der Waals surface area contributed by atoms with Crippen LogP contribution in [0.2, 0.25) is 5.02 Å². The number of fused-ring (bicyclic) bond motifs is 2. The second-order valence-corrected chi connectivity index (χ2v) is 8.67. The van der Waals surface area contributed by atoms with Crippen molar-refractivity contribution in [1.82, 2.24) is 4.90 Å². The molecule has 2 aliphatic rings. The molecule has 0 radical (unpaired) electrons. The summed E-state index contributed by atoms with van der Waals surface area (Å²) in [5.41, 5.74) is 0.561. The van der Waals surface area contributed by atoms with E-state index in [0.29, 0.717) is 42.6 Å². The molecule has 4 rings (SSSR count). The number of hydrogen-bond acceptors (Lipinski definition) is 3. The number of amides is 1. The van der Waals surface area contributed by atoms with Crippen molar-refractivity contribution < 1.29 is 22.7 Å². The molecule has 8 heteroatoms. The maximum Gasteiger partial charge on any atom is 0.416 e. The van der Waals surface area contributed by atoms with Gasteiger partial charge >= 0.3 is 6.18 Å². The smallest absolute Gasteiger partial charge is 0.416 e. The number of carbonyl (C=O) groups is 1. The molecule has 2 heterocycles. The molecule has 1 N–H and O–H groups in total. The third kappa shape index (κ3) is 4.39. The maximum absolute atomic E-state index is 13.0. The molecule has 31 heavy (non-hydrogen) atoms. The lowest BCUT2D eigenvalue weighted by molar-refractivity contribution is -0.137. The van der Waals surface area contributed by atoms with Gasteiger partial charge in [0.2, 0.25) is 5.91 Å². The first kappa shape index (κ1) is 22.0. The summed E-state index contributed by atoms with van der Waals surface area (Å²) in [5.74, 6) is 0.259. The van der Waals surface area contributed by atoms with Gasteiger partial charge in [0.1, 0.15) is 5.75 Å². The number of nitrogens with zero attached hydrogens (tertiary/aromatic N) is 1. The third-order valence-corrected chi connectivity index (χ3v) is 6.63. The van der Waals surface area contributed by atoms with Gasteiger partial charge in [-0.3, -0.25) is 9.69 Å². The molecule has 0 unspecified atom stereocenters. The van der Waals surface area contributed by atoms with Crippen LogP contribution in [0.15, 0.2) is 42.5 Å². The van der Waals surface area contributed by atoms with Gasteiger partial charge in [-0.25, -0.2) is 0 Å². The highest BCUT2D eigenvalue weighted by Gasteiger charge is 2.45. The van der Waals surface area contributed by atoms with E-state index in [4.69, 9.17) is 16.3 Å². The van der Waals surface area contributed by atoms with Gasteiger partial charge in [0.05, 0.1) is 18.2 Å². The van der Waals surface area contributed by atoms with E-state index >= 15 is 0 Å². The van der Waals surface area contributed by atoms with Crippen LogP contribution in [0.5, 0.6) is 5.75 Å². The minimum absolute atomic E-state index is 0.0707. The Hall–Kier alpha value is -2.25. The summed E-state index contributed by atoms with van der Waals surface area (Å²) >= 11 is 5.90. The Labute approximate surface area is 184 Å². The molecule has 0 aliphatic carbocycles. The number of ether oxygens (including phenoxy) is 1. The highest BCUT2D eigenvalue weighted by atomic mass is 35.5. The molecule has 1 saturated heterocycles. The summed E-state index contributed by atoms with van der Waals surface area (Å²) in [6.45, 7) is 3.71. The molecule has 2 aliphatic heterocycles. The number of halogens is 4. The van der Waals surface area contributed by atoms with Crippen LogP contribution in [0, 0.1) is 0 Å². The Morgan fingerprint density at radius 2 is 1.87 bits per heavy atom. The van der Waals surface area contributed by atoms with Gasteiger partial charge in [0, 0.05) is 21.7 Å². The largest absolute Gasteiger partial charge is 0.492 e. The van der Waals surface area contributed by atoms with E-state index in [0.717, 1.165) is 30.5 Å². The number of hydrogen-bond donors (Lipinski definition) is 1. The Bertz CT molecular complexity index is 954. The van der Waals surface area contributed by atoms with E-state index < -0.39 is 11.7 Å². The number of alkyl halides is 3. The topological polar surface area (TPSA) is 41.6 Å². The van der Waals surface area contributed by atoms with E-state index in [1.807, 2.05) is 6.92 Å². The molecule has 0 aromatic heterocycles. The second kappa shape index (κ2) is 8.36. The summed E-state index contributed by atoms with van der Waals surface area (Å²) in [4.78, 5) is 15.0. The summed E-state index contributed by atoms with van der Waals surface area (Å²) in [6.07, 6.45) is -2.26. The molecule has 1 atom stereocenters. The summed E-state index contributed by atoms with van der Waals surface area (Å²) in [6, 6.07) is 10.5. The fourth-order valence-electron chi connectivity index (χ4n) is 4.60. The Morgan fingerprint density at radius 1 is 1.19 bits per heavy atom. The number of anilines is 1. The Balaban J connectivity index is 1.43. The van der Waals surface area contributed by atoms with Crippen molar-refractivity contribution >= 4 is 23.2 Å². The van der Waals surface area contributed by atoms with Crippen LogP contribution >= 0.6 is 11.6 Å². The van der Waals surface area contributed by atoms with Crippen molar-refractivity contribution in [1.29, 1.82) is 0 Å². The maximum atomic E-state index is 13.0. The number of nitrogens with one attached hydrogen (secondary N) is 1. The quantitative estimate of drug-likeness (QED) is 0.665. The number of carbonyl (C=O) groups excluding carboxylic acids is 1. The molecule has 1 spiro atoms. The van der Waals surface area contributed by atoms with Gasteiger partial charge < -0.3 is 10.1 Å². The first-order valence-electron chi connectivity index (χ1n) is 10.4. The monoisotopic (exact) mass is 452 g/mol. The van der Waals surface area contributed by atoms with Crippen LogP contribution in [-0.2, 0) is 16.4 Å². The minimum atomic E-state index is -4.39. The van der Waals surface area contributed by atoms with Gasteiger partial charge in [0.25, 0.3) is 0 Å². The van der Waals surface area contributed by atoms with Crippen LogP contribution in [0.4, 0.5) is 18.9 Å². The van der Waals surface area contributed by atoms with Crippen LogP contribution in [0.1, 0.15) is 37.3 Å². The average Bonchev–Trinajstić information content (AvgIpc) is 3.09. The molecule has 2 aromatic carbocycles. The fourth-order valence-corrected chi connectivity index (χ4v) is 4.72. The van der Waals surface area contributed by atoms with Crippen LogP contribution in [0.25, 0.3) is 0 Å². The van der Waals surface area contributed by atoms with Gasteiger partial charge in [-0.15, -0.1) is 0 Å². The first-order chi connectivity index (χ1) is 14.7. The molecular weight excluding hydrogens is 429 g/mol. The van der Waals surface area contributed by atoms with E-state index in [2.05, 4.69) is 10.2 Å².